The summed E-state index contributed by atoms with van der Waals surface area (Å²) in [6.07, 6.45) is 3.80. The van der Waals surface area contributed by atoms with Crippen LogP contribution < -0.4 is 0 Å². The lowest BCUT2D eigenvalue weighted by Gasteiger charge is -2.47. The molecule has 0 aliphatic carbocycles. The molecule has 576 valence electrons. The molecule has 17 rings (SSSR count). The lowest BCUT2D eigenvalue weighted by atomic mass is 9.79. The maximum absolute atomic E-state index is 14.0. The van der Waals surface area contributed by atoms with Crippen LogP contribution in [0.2, 0.25) is 0 Å². The first-order valence-electron chi connectivity index (χ1n) is 39.9. The fraction of sp³-hybridized carbons (Fsp3) is 0.863. The predicted octanol–water partition coefficient (Wildman–Crippen LogP) is 6.98. The number of aliphatic hydroxyl groups is 6. The van der Waals surface area contributed by atoms with Crippen molar-refractivity contribution in [3.05, 3.63) is 48.6 Å². The van der Waals surface area contributed by atoms with Gasteiger partial charge in [-0.3, -0.25) is 14.4 Å². The number of ether oxygens (including phenoxy) is 14. The van der Waals surface area contributed by atoms with Crippen molar-refractivity contribution in [2.45, 2.75) is 384 Å². The molecule has 20 bridgehead atoms. The number of Topliss-reactive ketones (excluding diaryl/α,β-unsaturated/α-hetero) is 3. The van der Waals surface area contributed by atoms with E-state index in [1.54, 1.807) is 0 Å². The van der Waals surface area contributed by atoms with E-state index in [1.165, 1.54) is 0 Å². The van der Waals surface area contributed by atoms with Gasteiger partial charge in [0.1, 0.15) is 78.4 Å². The molecule has 1 spiro atoms. The predicted molar refractivity (Wildman–Crippen MR) is 370 cm³/mol. The summed E-state index contributed by atoms with van der Waals surface area (Å²) in [5.74, 6) is -0.318. The van der Waals surface area contributed by atoms with E-state index in [2.05, 4.69) is 54.0 Å². The quantitative estimate of drug-likeness (QED) is 0.146. The van der Waals surface area contributed by atoms with Crippen LogP contribution in [-0.4, -0.2) is 250 Å². The van der Waals surface area contributed by atoms with Gasteiger partial charge in [0.2, 0.25) is 0 Å². The van der Waals surface area contributed by atoms with Crippen molar-refractivity contribution in [2.24, 2.45) is 35.5 Å². The summed E-state index contributed by atoms with van der Waals surface area (Å²) >= 11 is 0. The maximum atomic E-state index is 14.0. The lowest BCUT2D eigenvalue weighted by Crippen LogP contribution is -2.61. The van der Waals surface area contributed by atoms with Crippen LogP contribution in [0.1, 0.15) is 195 Å². The van der Waals surface area contributed by atoms with E-state index in [4.69, 9.17) is 66.3 Å². The Hall–Kier alpha value is -2.83. The Balaban J connectivity index is 0.000000166. The molecule has 17 heterocycles. The molecule has 17 aliphatic rings. The second-order valence-corrected chi connectivity index (χ2v) is 34.5. The Bertz CT molecular complexity index is 3070. The van der Waals surface area contributed by atoms with Crippen molar-refractivity contribution in [1.82, 2.24) is 0 Å². The molecule has 0 aromatic rings. The van der Waals surface area contributed by atoms with Crippen molar-refractivity contribution in [1.29, 1.82) is 0 Å². The van der Waals surface area contributed by atoms with Gasteiger partial charge in [0.05, 0.1) is 135 Å². The zero-order valence-corrected chi connectivity index (χ0v) is 61.0. The largest absolute Gasteiger partial charge is 0.394 e. The SMILES string of the molecule is C=C1C[C@@H]2CCC(=O)CC3O[C@H]4[C@@H](O)[C@H]5OC(CC[C@@H]5O[C@H]4[C@H]3O)CC(=O)C[C@@H]3[C@@H](C)[C@@H](C[C@H](O)CO)O[C@H]3C[C@H]3OC(CC[C@@H]1O2)C[C@@H](C)C3=C.C=C1C[C@@H]2CC[C@@]34C[C@@H]5O[C@H]6[C@@H](O3)C3OC(CCC3O[C@H]6C5O4)CC(=O)C[C@@H]3[C@@H](C)[C@@H](C[C@H](O)CO)O[C@H]3C[C@H]3OC(CC[C@@H]1O2)C[C@@H](C)C3=C. The summed E-state index contributed by atoms with van der Waals surface area (Å²) in [4.78, 5) is 40.9. The van der Waals surface area contributed by atoms with Crippen molar-refractivity contribution in [3.8, 4) is 0 Å². The number of hydrogen-bond donors (Lipinski definition) is 6. The third-order valence-electron chi connectivity index (χ3n) is 27.4. The highest BCUT2D eigenvalue weighted by Crippen LogP contribution is 2.55. The first-order chi connectivity index (χ1) is 49.4. The number of aliphatic hydroxyl groups excluding tert-OH is 6. The molecular formula is C80H118O23. The van der Waals surface area contributed by atoms with Crippen LogP contribution in [0.4, 0.5) is 0 Å². The van der Waals surface area contributed by atoms with Gasteiger partial charge in [-0.25, -0.2) is 0 Å². The molecule has 6 N–H and O–H groups in total. The van der Waals surface area contributed by atoms with Gasteiger partial charge in [0.25, 0.3) is 0 Å². The number of rotatable bonds is 6. The summed E-state index contributed by atoms with van der Waals surface area (Å²) in [7, 11) is 0. The standard InChI is InChI=1S/C40H60O12.C40H58O11/c1-19-11-27-7-9-30-20(2)12-26(47-30)6-5-23(42)15-35-36(45)39-40(52-35)37(46)38-31(51-39)10-8-28(49-38)13-24(43)14-29-22(4)32(16-25(44)18-41)50-34(29)17-33(48-27)21(19)3;1-19-11-25-5-7-29-20(2)12-27(44-29)9-10-40-17-34-36(50-40)37-38(49-34)39(51-40)35-30(48-37)8-6-26(46-35)13-23(42)14-28-22(4)31(15-24(43)18-41)47-33(28)16-32(45-25)21(19)3/h19,22,25-41,44-46H,2-3,5-18H2,1,4H3;19,22,24-39,41,43H,2-3,5-18H2,1,4H3/t19-,22-,25+,26+,27?,28?,29-,30+,31+,32-,33-,34+,35?,36+,37+,38+,39+,40+;19-,22-,24+,25?,26?,27+,28-,29+,30?,31-,32-,33+,34+,35?,36?,37+,38-,39+,40+/m11/s1. The molecule has 103 heavy (non-hydrogen) atoms. The normalized spacial score (nSPS) is 50.8. The average molecular weight is 1450 g/mol. The molecule has 17 aliphatic heterocycles. The van der Waals surface area contributed by atoms with Gasteiger partial charge >= 0.3 is 0 Å². The smallest absolute Gasteiger partial charge is 0.172 e. The second kappa shape index (κ2) is 31.5. The van der Waals surface area contributed by atoms with Crippen LogP contribution in [0.3, 0.4) is 0 Å². The van der Waals surface area contributed by atoms with E-state index < -0.39 is 66.8 Å². The maximum Gasteiger partial charge on any atom is 0.172 e. The van der Waals surface area contributed by atoms with Crippen LogP contribution in [0, 0.1) is 35.5 Å². The van der Waals surface area contributed by atoms with Crippen molar-refractivity contribution < 1.29 is 111 Å². The fourth-order valence-electron chi connectivity index (χ4n) is 21.4. The molecule has 0 aromatic carbocycles. The molecule has 37 atom stereocenters. The number of hydrogen-bond acceptors (Lipinski definition) is 23. The molecule has 23 heteroatoms. The molecule has 0 amide bonds. The minimum absolute atomic E-state index is 0.00785. The van der Waals surface area contributed by atoms with Gasteiger partial charge < -0.3 is 97.0 Å². The minimum Gasteiger partial charge on any atom is -0.394 e. The molecule has 23 nitrogen and oxygen atoms in total. The summed E-state index contributed by atoms with van der Waals surface area (Å²) in [6.45, 7) is 25.5. The number of fused-ring (bicyclic) bond motifs is 13. The van der Waals surface area contributed by atoms with Gasteiger partial charge in [-0.1, -0.05) is 54.0 Å². The number of carbonyl (C=O) groups is 3. The van der Waals surface area contributed by atoms with Crippen molar-refractivity contribution in [3.63, 3.8) is 0 Å². The molecule has 0 radical (unpaired) electrons. The van der Waals surface area contributed by atoms with Gasteiger partial charge in [-0.2, -0.15) is 0 Å². The second-order valence-electron chi connectivity index (χ2n) is 34.5. The Morgan fingerprint density at radius 2 is 0.854 bits per heavy atom. The molecule has 17 fully saturated rings. The monoisotopic (exact) mass is 1450 g/mol. The first kappa shape index (κ1) is 75.6. The third-order valence-corrected chi connectivity index (χ3v) is 27.4. The van der Waals surface area contributed by atoms with E-state index in [-0.39, 0.29) is 214 Å². The van der Waals surface area contributed by atoms with Crippen LogP contribution >= 0.6 is 0 Å². The Morgan fingerprint density at radius 3 is 1.42 bits per heavy atom. The lowest BCUT2D eigenvalue weighted by molar-refractivity contribution is -0.292. The number of carbonyl (C=O) groups excluding carboxylic acids is 3. The molecule has 8 unspecified atom stereocenters. The zero-order valence-electron chi connectivity index (χ0n) is 61.0. The Kier molecular flexibility index (Phi) is 23.1. The van der Waals surface area contributed by atoms with Gasteiger partial charge in [0, 0.05) is 77.0 Å². The van der Waals surface area contributed by atoms with Crippen LogP contribution in [0.25, 0.3) is 0 Å². The van der Waals surface area contributed by atoms with Gasteiger partial charge in [-0.15, -0.1) is 0 Å². The summed E-state index contributed by atoms with van der Waals surface area (Å²) in [5.41, 5.74) is 4.26. The van der Waals surface area contributed by atoms with Gasteiger partial charge in [-0.05, 0) is 148 Å². The topological polar surface area (TPSA) is 302 Å². The van der Waals surface area contributed by atoms with Gasteiger partial charge in [0.15, 0.2) is 5.79 Å². The molecule has 17 saturated heterocycles. The Labute approximate surface area is 607 Å². The van der Waals surface area contributed by atoms with E-state index in [9.17, 15) is 45.0 Å². The molecule has 0 aromatic heterocycles. The summed E-state index contributed by atoms with van der Waals surface area (Å²) in [5, 5.41) is 62.5. The highest BCUT2D eigenvalue weighted by Gasteiger charge is 2.69. The van der Waals surface area contributed by atoms with E-state index in [0.29, 0.717) is 76.5 Å². The summed E-state index contributed by atoms with van der Waals surface area (Å²) in [6, 6.07) is 0. The Morgan fingerprint density at radius 1 is 0.398 bits per heavy atom. The van der Waals surface area contributed by atoms with E-state index >= 15 is 0 Å². The van der Waals surface area contributed by atoms with Crippen LogP contribution in [0.15, 0.2) is 48.6 Å². The van der Waals surface area contributed by atoms with Crippen LogP contribution in [0.5, 0.6) is 0 Å². The average Bonchev–Trinajstić information content (AvgIpc) is 1.55. The zero-order chi connectivity index (χ0) is 72.0. The van der Waals surface area contributed by atoms with Crippen molar-refractivity contribution in [2.75, 3.05) is 13.2 Å². The summed E-state index contributed by atoms with van der Waals surface area (Å²) < 4.78 is 92.3. The third kappa shape index (κ3) is 15.8. The minimum atomic E-state index is -1.08. The van der Waals surface area contributed by atoms with E-state index in [0.717, 1.165) is 86.5 Å². The first-order valence-corrected chi connectivity index (χ1v) is 39.9. The molecule has 0 saturated carbocycles. The number of ketones is 3. The fourth-order valence-corrected chi connectivity index (χ4v) is 21.4. The van der Waals surface area contributed by atoms with Crippen LogP contribution in [-0.2, 0) is 80.7 Å². The highest BCUT2D eigenvalue weighted by atomic mass is 16.8. The molecular weight excluding hydrogens is 1330 g/mol. The highest BCUT2D eigenvalue weighted by molar-refractivity contribution is 5.80. The van der Waals surface area contributed by atoms with E-state index in [1.807, 2.05) is 0 Å². The van der Waals surface area contributed by atoms with Crippen molar-refractivity contribution >= 4 is 17.3 Å².